The second-order valence-corrected chi connectivity index (χ2v) is 7.35. The maximum absolute atomic E-state index is 13.0. The van der Waals surface area contributed by atoms with E-state index in [1.54, 1.807) is 4.90 Å². The highest BCUT2D eigenvalue weighted by molar-refractivity contribution is 6.39. The van der Waals surface area contributed by atoms with Gasteiger partial charge in [0.15, 0.2) is 0 Å². The van der Waals surface area contributed by atoms with Gasteiger partial charge >= 0.3 is 11.8 Å². The summed E-state index contributed by atoms with van der Waals surface area (Å²) in [6, 6.07) is 11.0. The van der Waals surface area contributed by atoms with Crippen LogP contribution in [-0.4, -0.2) is 34.2 Å². The quantitative estimate of drug-likeness (QED) is 0.797. The normalized spacial score (nSPS) is 21.8. The van der Waals surface area contributed by atoms with Gasteiger partial charge in [0.05, 0.1) is 23.5 Å². The molecule has 0 radical (unpaired) electrons. The number of piperidine rings is 1. The van der Waals surface area contributed by atoms with Gasteiger partial charge in [-0.3, -0.25) is 19.4 Å². The van der Waals surface area contributed by atoms with Crippen LogP contribution in [0, 0.1) is 11.8 Å². The molecule has 3 atom stereocenters. The summed E-state index contributed by atoms with van der Waals surface area (Å²) in [4.78, 5) is 42.4. The lowest BCUT2D eigenvalue weighted by Gasteiger charge is -2.42. The molecule has 0 saturated carbocycles. The van der Waals surface area contributed by atoms with E-state index in [9.17, 15) is 14.4 Å². The maximum Gasteiger partial charge on any atom is 0.313 e. The van der Waals surface area contributed by atoms with Crippen LogP contribution in [0.2, 0.25) is 0 Å². The number of carbonyl (C=O) groups excluding carboxylic acids is 3. The number of benzene rings is 1. The number of primary amides is 1. The van der Waals surface area contributed by atoms with Crippen LogP contribution in [0.1, 0.15) is 42.2 Å². The highest BCUT2D eigenvalue weighted by Gasteiger charge is 2.37. The Bertz CT molecular complexity index is 884. The van der Waals surface area contributed by atoms with E-state index in [1.165, 1.54) is 18.5 Å². The number of pyridine rings is 1. The fraction of sp³-hybridized carbons (Fsp3) is 0.333. The van der Waals surface area contributed by atoms with Gasteiger partial charge in [0, 0.05) is 12.7 Å². The third-order valence-electron chi connectivity index (χ3n) is 5.35. The minimum Gasteiger partial charge on any atom is -0.366 e. The third kappa shape index (κ3) is 4.19. The Hall–Kier alpha value is -3.22. The SMILES string of the molecule is C[C@@H]1C[C@H](c2ccccc2)N(C(=O)C(=O)Nc2cncc(C(N)=O)c2)C[C@@H]1C. The van der Waals surface area contributed by atoms with E-state index in [0.717, 1.165) is 12.0 Å². The molecule has 7 nitrogen and oxygen atoms in total. The Kier molecular flexibility index (Phi) is 5.73. The topological polar surface area (TPSA) is 105 Å². The molecular formula is C21H24N4O3. The van der Waals surface area contributed by atoms with Crippen LogP contribution >= 0.6 is 0 Å². The molecule has 1 aromatic carbocycles. The lowest BCUT2D eigenvalue weighted by Crippen LogP contribution is -2.48. The van der Waals surface area contributed by atoms with Crippen LogP contribution in [0.4, 0.5) is 5.69 Å². The second-order valence-electron chi connectivity index (χ2n) is 7.35. The van der Waals surface area contributed by atoms with Crippen LogP contribution in [-0.2, 0) is 9.59 Å². The van der Waals surface area contributed by atoms with Crippen molar-refractivity contribution in [1.29, 1.82) is 0 Å². The number of anilines is 1. The Balaban J connectivity index is 1.80. The van der Waals surface area contributed by atoms with E-state index in [4.69, 9.17) is 5.73 Å². The summed E-state index contributed by atoms with van der Waals surface area (Å²) in [6.07, 6.45) is 3.47. The highest BCUT2D eigenvalue weighted by Crippen LogP contribution is 2.36. The minimum absolute atomic E-state index is 0.152. The molecule has 2 aromatic rings. The largest absolute Gasteiger partial charge is 0.366 e. The van der Waals surface area contributed by atoms with E-state index in [0.29, 0.717) is 12.5 Å². The van der Waals surface area contributed by atoms with Gasteiger partial charge < -0.3 is 16.0 Å². The monoisotopic (exact) mass is 380 g/mol. The van der Waals surface area contributed by atoms with Crippen LogP contribution in [0.15, 0.2) is 48.8 Å². The molecule has 1 fully saturated rings. The van der Waals surface area contributed by atoms with Crippen LogP contribution in [0.3, 0.4) is 0 Å². The molecule has 0 spiro atoms. The molecule has 2 heterocycles. The molecule has 1 saturated heterocycles. The number of nitrogens with one attached hydrogen (secondary N) is 1. The van der Waals surface area contributed by atoms with Gasteiger partial charge in [-0.25, -0.2) is 0 Å². The number of nitrogens with zero attached hydrogens (tertiary/aromatic N) is 2. The van der Waals surface area contributed by atoms with Crippen molar-refractivity contribution in [2.45, 2.75) is 26.3 Å². The van der Waals surface area contributed by atoms with E-state index in [2.05, 4.69) is 24.1 Å². The Morgan fingerprint density at radius 1 is 1.11 bits per heavy atom. The molecule has 3 rings (SSSR count). The molecule has 146 valence electrons. The predicted molar refractivity (Wildman–Crippen MR) is 105 cm³/mol. The number of aromatic nitrogens is 1. The molecule has 1 aliphatic heterocycles. The summed E-state index contributed by atoms with van der Waals surface area (Å²) < 4.78 is 0. The van der Waals surface area contributed by atoms with Gasteiger partial charge in [-0.2, -0.15) is 0 Å². The number of rotatable bonds is 3. The zero-order valence-electron chi connectivity index (χ0n) is 16.0. The van der Waals surface area contributed by atoms with Crippen molar-refractivity contribution < 1.29 is 14.4 Å². The van der Waals surface area contributed by atoms with Crippen LogP contribution < -0.4 is 11.1 Å². The lowest BCUT2D eigenvalue weighted by atomic mass is 9.82. The highest BCUT2D eigenvalue weighted by atomic mass is 16.2. The zero-order chi connectivity index (χ0) is 20.3. The van der Waals surface area contributed by atoms with Crippen molar-refractivity contribution in [3.8, 4) is 0 Å². The lowest BCUT2D eigenvalue weighted by molar-refractivity contribution is -0.147. The molecule has 0 aliphatic carbocycles. The molecule has 3 N–H and O–H groups in total. The van der Waals surface area contributed by atoms with Crippen LogP contribution in [0.25, 0.3) is 0 Å². The van der Waals surface area contributed by atoms with Crippen molar-refractivity contribution in [3.05, 3.63) is 59.9 Å². The first-order chi connectivity index (χ1) is 13.4. The first kappa shape index (κ1) is 19.5. The molecule has 1 aromatic heterocycles. The summed E-state index contributed by atoms with van der Waals surface area (Å²) >= 11 is 0. The molecule has 0 bridgehead atoms. The molecule has 28 heavy (non-hydrogen) atoms. The third-order valence-corrected chi connectivity index (χ3v) is 5.35. The number of likely N-dealkylation sites (tertiary alicyclic amines) is 1. The first-order valence-electron chi connectivity index (χ1n) is 9.28. The predicted octanol–water partition coefficient (Wildman–Crippen LogP) is 2.36. The van der Waals surface area contributed by atoms with Crippen molar-refractivity contribution in [2.24, 2.45) is 17.6 Å². The molecule has 0 unspecified atom stereocenters. The smallest absolute Gasteiger partial charge is 0.313 e. The minimum atomic E-state index is -0.758. The Morgan fingerprint density at radius 2 is 1.82 bits per heavy atom. The van der Waals surface area contributed by atoms with Gasteiger partial charge in [0.25, 0.3) is 0 Å². The zero-order valence-corrected chi connectivity index (χ0v) is 16.0. The van der Waals surface area contributed by atoms with E-state index >= 15 is 0 Å². The number of nitrogens with two attached hydrogens (primary N) is 1. The second kappa shape index (κ2) is 8.21. The van der Waals surface area contributed by atoms with Gasteiger partial charge in [0.2, 0.25) is 5.91 Å². The standard InChI is InChI=1S/C21H24N4O3/c1-13-8-18(15-6-4-3-5-7-15)25(12-14(13)2)21(28)20(27)24-17-9-16(19(22)26)10-23-11-17/h3-7,9-11,13-14,18H,8,12H2,1-2H3,(H2,22,26)(H,24,27)/t13-,14+,18-/m1/s1. The fourth-order valence-electron chi connectivity index (χ4n) is 3.50. The molecule has 3 amide bonds. The molecule has 1 aliphatic rings. The van der Waals surface area contributed by atoms with Crippen molar-refractivity contribution >= 4 is 23.4 Å². The summed E-state index contributed by atoms with van der Waals surface area (Å²) in [7, 11) is 0. The molecular weight excluding hydrogens is 356 g/mol. The van der Waals surface area contributed by atoms with Crippen molar-refractivity contribution in [3.63, 3.8) is 0 Å². The van der Waals surface area contributed by atoms with Gasteiger partial charge in [-0.1, -0.05) is 44.2 Å². The van der Waals surface area contributed by atoms with E-state index in [1.807, 2.05) is 30.3 Å². The Labute approximate surface area is 163 Å². The Morgan fingerprint density at radius 3 is 2.50 bits per heavy atom. The summed E-state index contributed by atoms with van der Waals surface area (Å²) in [5, 5.41) is 2.53. The van der Waals surface area contributed by atoms with Crippen molar-refractivity contribution in [2.75, 3.05) is 11.9 Å². The number of hydrogen-bond donors (Lipinski definition) is 2. The van der Waals surface area contributed by atoms with Gasteiger partial charge in [-0.05, 0) is 29.9 Å². The van der Waals surface area contributed by atoms with E-state index in [-0.39, 0.29) is 23.2 Å². The fourth-order valence-corrected chi connectivity index (χ4v) is 3.50. The number of carbonyl (C=O) groups is 3. The van der Waals surface area contributed by atoms with Crippen molar-refractivity contribution in [1.82, 2.24) is 9.88 Å². The first-order valence-corrected chi connectivity index (χ1v) is 9.28. The summed E-state index contributed by atoms with van der Waals surface area (Å²) in [5.74, 6) is -1.29. The maximum atomic E-state index is 13.0. The average molecular weight is 380 g/mol. The van der Waals surface area contributed by atoms with Gasteiger partial charge in [-0.15, -0.1) is 0 Å². The average Bonchev–Trinajstić information content (AvgIpc) is 2.70. The summed E-state index contributed by atoms with van der Waals surface area (Å²) in [5.41, 5.74) is 6.66. The van der Waals surface area contributed by atoms with Gasteiger partial charge in [0.1, 0.15) is 0 Å². The van der Waals surface area contributed by atoms with E-state index < -0.39 is 17.7 Å². The number of hydrogen-bond acceptors (Lipinski definition) is 4. The number of amides is 3. The molecule has 7 heteroatoms. The summed E-state index contributed by atoms with van der Waals surface area (Å²) in [6.45, 7) is 4.76. The van der Waals surface area contributed by atoms with Crippen LogP contribution in [0.5, 0.6) is 0 Å².